The van der Waals surface area contributed by atoms with Gasteiger partial charge < -0.3 is 25.8 Å². The van der Waals surface area contributed by atoms with Crippen molar-refractivity contribution in [1.82, 2.24) is 20.4 Å². The minimum Gasteiger partial charge on any atom is -0.369 e. The second-order valence-corrected chi connectivity index (χ2v) is 11.7. The van der Waals surface area contributed by atoms with E-state index >= 15 is 0 Å². The number of sulfone groups is 1. The van der Waals surface area contributed by atoms with Crippen LogP contribution >= 0.6 is 0 Å². The van der Waals surface area contributed by atoms with E-state index in [0.717, 1.165) is 37.9 Å². The Kier molecular flexibility index (Phi) is 8.01. The predicted molar refractivity (Wildman–Crippen MR) is 155 cm³/mol. The number of aromatic nitrogens is 2. The van der Waals surface area contributed by atoms with Crippen LogP contribution in [0, 0.1) is 5.82 Å². The Labute approximate surface area is 236 Å². The van der Waals surface area contributed by atoms with E-state index < -0.39 is 21.6 Å². The number of H-pyrrole nitrogens is 1. The first kappa shape index (κ1) is 28.2. The minimum atomic E-state index is -4.03. The smallest absolute Gasteiger partial charge is 0.258 e. The van der Waals surface area contributed by atoms with Crippen LogP contribution in [0.4, 0.5) is 21.6 Å². The topological polar surface area (TPSA) is 140 Å². The number of anilines is 3. The molecule has 214 valence electrons. The van der Waals surface area contributed by atoms with Crippen molar-refractivity contribution >= 4 is 49.7 Å². The number of benzene rings is 3. The Balaban J connectivity index is 1.45. The van der Waals surface area contributed by atoms with Crippen LogP contribution in [0.25, 0.3) is 10.9 Å². The number of halogens is 1. The molecular weight excluding hydrogens is 549 g/mol. The number of rotatable bonds is 8. The maximum Gasteiger partial charge on any atom is 0.258 e. The summed E-state index contributed by atoms with van der Waals surface area (Å²) < 4.78 is 40.0. The highest BCUT2D eigenvalue weighted by Crippen LogP contribution is 2.30. The lowest BCUT2D eigenvalue weighted by atomic mass is 10.1. The molecule has 2 amide bonds. The third kappa shape index (κ3) is 6.06. The first-order chi connectivity index (χ1) is 19.7. The highest BCUT2D eigenvalue weighted by Gasteiger charge is 2.23. The van der Waals surface area contributed by atoms with E-state index in [1.807, 2.05) is 6.07 Å². The molecule has 1 aromatic heterocycles. The minimum absolute atomic E-state index is 0.0619. The molecule has 1 saturated heterocycles. The highest BCUT2D eigenvalue weighted by atomic mass is 32.2. The maximum atomic E-state index is 13.7. The van der Waals surface area contributed by atoms with Crippen molar-refractivity contribution < 1.29 is 22.4 Å². The number of likely N-dealkylation sites (N-methyl/N-ethyl adjacent to an activating group) is 2. The zero-order valence-corrected chi connectivity index (χ0v) is 23.4. The number of amides is 2. The second kappa shape index (κ2) is 11.6. The summed E-state index contributed by atoms with van der Waals surface area (Å²) in [5, 5.41) is 15.6. The molecule has 5 rings (SSSR count). The molecule has 0 aliphatic carbocycles. The van der Waals surface area contributed by atoms with Gasteiger partial charge in [0.15, 0.2) is 5.82 Å². The first-order valence-electron chi connectivity index (χ1n) is 13.0. The molecule has 4 aromatic rings. The standard InChI is InChI=1S/C28H30FN7O4S/c1-30-17-26(37)31-25-15-19(36-12-10-35(2)11-13-36)6-8-22(25)28(38)32-27-23-16-21(7-9-24(23)33-34-27)41(39,40)20-5-3-4-18(29)14-20/h3-9,14-16,30H,10-13,17H2,1-2H3,(H,31,37)(H2,32,33,34,38). The molecule has 0 unspecified atom stereocenters. The zero-order chi connectivity index (χ0) is 29.1. The lowest BCUT2D eigenvalue weighted by Gasteiger charge is -2.34. The van der Waals surface area contributed by atoms with Crippen LogP contribution < -0.4 is 20.9 Å². The molecule has 0 radical (unpaired) electrons. The number of hydrogen-bond donors (Lipinski definition) is 4. The van der Waals surface area contributed by atoms with E-state index in [9.17, 15) is 22.4 Å². The van der Waals surface area contributed by atoms with E-state index in [4.69, 9.17) is 0 Å². The lowest BCUT2D eigenvalue weighted by Crippen LogP contribution is -2.44. The van der Waals surface area contributed by atoms with Gasteiger partial charge in [-0.05, 0) is 68.7 Å². The summed E-state index contributed by atoms with van der Waals surface area (Å²) in [4.78, 5) is 30.1. The van der Waals surface area contributed by atoms with Crippen molar-refractivity contribution in [2.45, 2.75) is 9.79 Å². The molecule has 11 nitrogen and oxygen atoms in total. The highest BCUT2D eigenvalue weighted by molar-refractivity contribution is 7.91. The van der Waals surface area contributed by atoms with Gasteiger partial charge in [-0.2, -0.15) is 5.10 Å². The summed E-state index contributed by atoms with van der Waals surface area (Å²) >= 11 is 0. The van der Waals surface area contributed by atoms with Crippen molar-refractivity contribution in [2.24, 2.45) is 0 Å². The van der Waals surface area contributed by atoms with E-state index in [2.05, 4.69) is 43.0 Å². The Morgan fingerprint density at radius 1 is 0.976 bits per heavy atom. The molecule has 2 heterocycles. The lowest BCUT2D eigenvalue weighted by molar-refractivity contribution is -0.115. The Morgan fingerprint density at radius 2 is 1.73 bits per heavy atom. The monoisotopic (exact) mass is 579 g/mol. The van der Waals surface area contributed by atoms with Gasteiger partial charge in [0.25, 0.3) is 5.91 Å². The first-order valence-corrected chi connectivity index (χ1v) is 14.5. The molecule has 0 saturated carbocycles. The molecule has 41 heavy (non-hydrogen) atoms. The van der Waals surface area contributed by atoms with E-state index in [0.29, 0.717) is 16.6 Å². The summed E-state index contributed by atoms with van der Waals surface area (Å²) in [5.41, 5.74) is 1.93. The van der Waals surface area contributed by atoms with Crippen molar-refractivity contribution in [3.63, 3.8) is 0 Å². The fourth-order valence-corrected chi connectivity index (χ4v) is 5.97. The third-order valence-electron chi connectivity index (χ3n) is 6.91. The fraction of sp³-hybridized carbons (Fsp3) is 0.250. The summed E-state index contributed by atoms with van der Waals surface area (Å²) in [7, 11) is -0.314. The van der Waals surface area contributed by atoms with Gasteiger partial charge in [-0.3, -0.25) is 14.7 Å². The van der Waals surface area contributed by atoms with Gasteiger partial charge in [0, 0.05) is 37.3 Å². The van der Waals surface area contributed by atoms with Crippen LogP contribution in [0.5, 0.6) is 0 Å². The number of carbonyl (C=O) groups is 2. The SMILES string of the molecule is CNCC(=O)Nc1cc(N2CCN(C)CC2)ccc1C(=O)Nc1n[nH]c2ccc(S(=O)(=O)c3cccc(F)c3)cc12. The maximum absolute atomic E-state index is 13.7. The molecule has 0 atom stereocenters. The predicted octanol–water partition coefficient (Wildman–Crippen LogP) is 2.70. The van der Waals surface area contributed by atoms with Crippen LogP contribution in [-0.4, -0.2) is 82.1 Å². The normalized spacial score (nSPS) is 14.3. The van der Waals surface area contributed by atoms with Gasteiger partial charge in [-0.25, -0.2) is 12.8 Å². The van der Waals surface area contributed by atoms with E-state index in [-0.39, 0.29) is 33.6 Å². The second-order valence-electron chi connectivity index (χ2n) is 9.79. The number of aromatic amines is 1. The van der Waals surface area contributed by atoms with Crippen molar-refractivity contribution in [3.8, 4) is 0 Å². The molecule has 4 N–H and O–H groups in total. The zero-order valence-electron chi connectivity index (χ0n) is 22.6. The van der Waals surface area contributed by atoms with Gasteiger partial charge in [0.2, 0.25) is 15.7 Å². The molecule has 1 aliphatic heterocycles. The number of hydrogen-bond acceptors (Lipinski definition) is 8. The average molecular weight is 580 g/mol. The quantitative estimate of drug-likeness (QED) is 0.250. The summed E-state index contributed by atoms with van der Waals surface area (Å²) in [5.74, 6) is -1.41. The average Bonchev–Trinajstić information content (AvgIpc) is 3.35. The Hall–Kier alpha value is -4.33. The van der Waals surface area contributed by atoms with Crippen molar-refractivity contribution in [2.75, 3.05) is 62.4 Å². The summed E-state index contributed by atoms with van der Waals surface area (Å²) in [6.07, 6.45) is 0. The molecule has 1 fully saturated rings. The number of carbonyl (C=O) groups excluding carboxylic acids is 2. The van der Waals surface area contributed by atoms with Crippen LogP contribution in [0.2, 0.25) is 0 Å². The van der Waals surface area contributed by atoms with E-state index in [1.54, 1.807) is 19.2 Å². The van der Waals surface area contributed by atoms with Crippen LogP contribution in [0.15, 0.2) is 70.5 Å². The van der Waals surface area contributed by atoms with Gasteiger partial charge in [0.1, 0.15) is 5.82 Å². The van der Waals surface area contributed by atoms with Gasteiger partial charge in [0.05, 0.1) is 33.1 Å². The van der Waals surface area contributed by atoms with Gasteiger partial charge in [-0.1, -0.05) is 6.07 Å². The van der Waals surface area contributed by atoms with Crippen LogP contribution in [0.3, 0.4) is 0 Å². The molecular formula is C28H30FN7O4S. The molecule has 13 heteroatoms. The summed E-state index contributed by atoms with van der Waals surface area (Å²) in [6, 6.07) is 14.3. The molecule has 0 bridgehead atoms. The molecule has 0 spiro atoms. The number of piperazine rings is 1. The number of nitrogens with zero attached hydrogens (tertiary/aromatic N) is 3. The van der Waals surface area contributed by atoms with Crippen LogP contribution in [-0.2, 0) is 14.6 Å². The van der Waals surface area contributed by atoms with Gasteiger partial charge >= 0.3 is 0 Å². The Morgan fingerprint density at radius 3 is 2.46 bits per heavy atom. The summed E-state index contributed by atoms with van der Waals surface area (Å²) in [6.45, 7) is 3.48. The van der Waals surface area contributed by atoms with Crippen molar-refractivity contribution in [3.05, 3.63) is 72.0 Å². The largest absolute Gasteiger partial charge is 0.369 e. The third-order valence-corrected chi connectivity index (χ3v) is 8.66. The van der Waals surface area contributed by atoms with Crippen LogP contribution in [0.1, 0.15) is 10.4 Å². The van der Waals surface area contributed by atoms with Crippen molar-refractivity contribution in [1.29, 1.82) is 0 Å². The fourth-order valence-electron chi connectivity index (χ4n) is 4.65. The number of fused-ring (bicyclic) bond motifs is 1. The number of nitrogens with one attached hydrogen (secondary N) is 4. The van der Waals surface area contributed by atoms with E-state index in [1.165, 1.54) is 36.4 Å². The van der Waals surface area contributed by atoms with Gasteiger partial charge in [-0.15, -0.1) is 0 Å². The molecule has 3 aromatic carbocycles. The Bertz CT molecular complexity index is 1720. The molecule has 1 aliphatic rings.